The van der Waals surface area contributed by atoms with Crippen molar-refractivity contribution in [3.8, 4) is 22.4 Å². The predicted octanol–water partition coefficient (Wildman–Crippen LogP) is 4.33. The number of halogens is 1. The molecule has 0 radical (unpaired) electrons. The van der Waals surface area contributed by atoms with Crippen molar-refractivity contribution in [1.29, 1.82) is 0 Å². The summed E-state index contributed by atoms with van der Waals surface area (Å²) in [5, 5.41) is 4.75. The first-order valence-corrected chi connectivity index (χ1v) is 7.50. The minimum absolute atomic E-state index is 0.236. The van der Waals surface area contributed by atoms with Gasteiger partial charge < -0.3 is 0 Å². The Kier molecular flexibility index (Phi) is 4.00. The summed E-state index contributed by atoms with van der Waals surface area (Å²) in [6, 6.07) is 10.5. The van der Waals surface area contributed by atoms with E-state index in [-0.39, 0.29) is 5.82 Å². The van der Waals surface area contributed by atoms with Gasteiger partial charge in [0.25, 0.3) is 0 Å². The van der Waals surface area contributed by atoms with Crippen LogP contribution in [0.5, 0.6) is 0 Å². The number of nitrogens with zero attached hydrogens (tertiary/aromatic N) is 3. The van der Waals surface area contributed by atoms with Gasteiger partial charge in [0.15, 0.2) is 0 Å². The Morgan fingerprint density at radius 1 is 0.955 bits per heavy atom. The lowest BCUT2D eigenvalue weighted by atomic mass is 9.99. The smallest absolute Gasteiger partial charge is 0.123 e. The maximum absolute atomic E-state index is 13.2. The fraction of sp³-hybridized carbons (Fsp3) is 0.222. The van der Waals surface area contributed by atoms with Crippen molar-refractivity contribution in [2.24, 2.45) is 0 Å². The molecule has 0 aliphatic heterocycles. The first-order valence-electron chi connectivity index (χ1n) is 7.50. The minimum Gasteiger partial charge on any atom is -0.269 e. The number of aryl methyl sites for hydroxylation is 1. The second-order valence-electron chi connectivity index (χ2n) is 5.08. The largest absolute Gasteiger partial charge is 0.269 e. The van der Waals surface area contributed by atoms with E-state index in [9.17, 15) is 4.39 Å². The van der Waals surface area contributed by atoms with E-state index in [1.54, 1.807) is 24.5 Å². The van der Waals surface area contributed by atoms with Gasteiger partial charge in [-0.1, -0.05) is 6.92 Å². The Balaban J connectivity index is 2.25. The summed E-state index contributed by atoms with van der Waals surface area (Å²) >= 11 is 0. The van der Waals surface area contributed by atoms with Crippen LogP contribution in [-0.2, 0) is 13.0 Å². The van der Waals surface area contributed by atoms with Crippen LogP contribution in [0.15, 0.2) is 48.8 Å². The van der Waals surface area contributed by atoms with Crippen molar-refractivity contribution in [3.63, 3.8) is 0 Å². The van der Waals surface area contributed by atoms with Crippen molar-refractivity contribution in [3.05, 3.63) is 60.3 Å². The lowest BCUT2D eigenvalue weighted by Gasteiger charge is -2.06. The van der Waals surface area contributed by atoms with Gasteiger partial charge in [-0.25, -0.2) is 4.39 Å². The topological polar surface area (TPSA) is 30.7 Å². The van der Waals surface area contributed by atoms with E-state index in [0.717, 1.165) is 35.3 Å². The Morgan fingerprint density at radius 3 is 2.23 bits per heavy atom. The van der Waals surface area contributed by atoms with Gasteiger partial charge in [-0.15, -0.1) is 0 Å². The van der Waals surface area contributed by atoms with Crippen LogP contribution in [0.1, 0.15) is 19.5 Å². The molecular formula is C18H18FN3. The van der Waals surface area contributed by atoms with Crippen LogP contribution in [0, 0.1) is 5.82 Å². The molecule has 1 aromatic carbocycles. The van der Waals surface area contributed by atoms with Crippen molar-refractivity contribution >= 4 is 0 Å². The summed E-state index contributed by atoms with van der Waals surface area (Å²) in [7, 11) is 0. The molecule has 2 heterocycles. The number of benzene rings is 1. The third-order valence-electron chi connectivity index (χ3n) is 3.78. The summed E-state index contributed by atoms with van der Waals surface area (Å²) in [5.41, 5.74) is 5.21. The first-order chi connectivity index (χ1) is 10.7. The predicted molar refractivity (Wildman–Crippen MR) is 85.9 cm³/mol. The normalized spacial score (nSPS) is 10.9. The zero-order valence-corrected chi connectivity index (χ0v) is 12.8. The van der Waals surface area contributed by atoms with Gasteiger partial charge in [0, 0.05) is 35.8 Å². The second-order valence-corrected chi connectivity index (χ2v) is 5.08. The van der Waals surface area contributed by atoms with Gasteiger partial charge in [0.1, 0.15) is 11.5 Å². The van der Waals surface area contributed by atoms with Crippen LogP contribution in [0.4, 0.5) is 4.39 Å². The Morgan fingerprint density at radius 2 is 1.64 bits per heavy atom. The number of hydrogen-bond donors (Lipinski definition) is 0. The Labute approximate surface area is 129 Å². The van der Waals surface area contributed by atoms with Gasteiger partial charge in [0.05, 0.1) is 0 Å². The summed E-state index contributed by atoms with van der Waals surface area (Å²) in [6.07, 6.45) is 4.46. The van der Waals surface area contributed by atoms with Crippen molar-refractivity contribution in [2.75, 3.05) is 0 Å². The number of aromatic nitrogens is 3. The highest BCUT2D eigenvalue weighted by Gasteiger charge is 2.18. The van der Waals surface area contributed by atoms with Gasteiger partial charge in [-0.3, -0.25) is 9.67 Å². The first kappa shape index (κ1) is 14.4. The number of rotatable bonds is 4. The molecule has 0 N–H and O–H groups in total. The lowest BCUT2D eigenvalue weighted by Crippen LogP contribution is -2.01. The van der Waals surface area contributed by atoms with Crippen LogP contribution in [-0.4, -0.2) is 14.8 Å². The second kappa shape index (κ2) is 6.10. The van der Waals surface area contributed by atoms with Crippen molar-refractivity contribution < 1.29 is 4.39 Å². The highest BCUT2D eigenvalue weighted by Crippen LogP contribution is 2.34. The standard InChI is InChI=1S/C18H18FN3/c1-3-16-17(13-9-11-20-12-10-13)18(21-22(16)4-2)14-5-7-15(19)8-6-14/h5-12H,3-4H2,1-2H3. The van der Waals surface area contributed by atoms with E-state index in [1.807, 2.05) is 16.8 Å². The summed E-state index contributed by atoms with van der Waals surface area (Å²) < 4.78 is 15.2. The molecule has 2 aromatic heterocycles. The van der Waals surface area contributed by atoms with E-state index in [1.165, 1.54) is 17.8 Å². The zero-order chi connectivity index (χ0) is 15.5. The van der Waals surface area contributed by atoms with Crippen LogP contribution in [0.2, 0.25) is 0 Å². The molecule has 0 fully saturated rings. The van der Waals surface area contributed by atoms with E-state index >= 15 is 0 Å². The summed E-state index contributed by atoms with van der Waals surface area (Å²) in [5.74, 6) is -0.236. The molecule has 3 aromatic rings. The number of hydrogen-bond acceptors (Lipinski definition) is 2. The molecule has 0 saturated carbocycles. The summed E-state index contributed by atoms with van der Waals surface area (Å²) in [6.45, 7) is 5.02. The maximum Gasteiger partial charge on any atom is 0.123 e. The molecule has 4 heteroatoms. The van der Waals surface area contributed by atoms with E-state index in [0.29, 0.717) is 0 Å². The highest BCUT2D eigenvalue weighted by molar-refractivity contribution is 5.82. The molecule has 0 aliphatic rings. The SMILES string of the molecule is CCc1c(-c2ccncc2)c(-c2ccc(F)cc2)nn1CC. The maximum atomic E-state index is 13.2. The monoisotopic (exact) mass is 295 g/mol. The molecule has 112 valence electrons. The van der Waals surface area contributed by atoms with Gasteiger partial charge in [0.2, 0.25) is 0 Å². The Hall–Kier alpha value is -2.49. The zero-order valence-electron chi connectivity index (χ0n) is 12.8. The third-order valence-corrected chi connectivity index (χ3v) is 3.78. The fourth-order valence-corrected chi connectivity index (χ4v) is 2.75. The van der Waals surface area contributed by atoms with Crippen molar-refractivity contribution in [2.45, 2.75) is 26.8 Å². The van der Waals surface area contributed by atoms with E-state index in [4.69, 9.17) is 5.10 Å². The molecule has 22 heavy (non-hydrogen) atoms. The van der Waals surface area contributed by atoms with E-state index < -0.39 is 0 Å². The molecule has 0 saturated heterocycles. The van der Waals surface area contributed by atoms with Crippen LogP contribution < -0.4 is 0 Å². The van der Waals surface area contributed by atoms with Crippen LogP contribution in [0.3, 0.4) is 0 Å². The lowest BCUT2D eigenvalue weighted by molar-refractivity contribution is 0.626. The molecule has 0 aliphatic carbocycles. The van der Waals surface area contributed by atoms with E-state index in [2.05, 4.69) is 18.8 Å². The van der Waals surface area contributed by atoms with Gasteiger partial charge >= 0.3 is 0 Å². The van der Waals surface area contributed by atoms with Crippen LogP contribution in [0.25, 0.3) is 22.4 Å². The van der Waals surface area contributed by atoms with Gasteiger partial charge in [-0.05, 0) is 55.3 Å². The molecule has 3 nitrogen and oxygen atoms in total. The number of pyridine rings is 1. The molecule has 0 atom stereocenters. The molecule has 0 bridgehead atoms. The average molecular weight is 295 g/mol. The molecule has 3 rings (SSSR count). The fourth-order valence-electron chi connectivity index (χ4n) is 2.75. The molecule has 0 spiro atoms. The van der Waals surface area contributed by atoms with Gasteiger partial charge in [-0.2, -0.15) is 5.10 Å². The molecule has 0 amide bonds. The quantitative estimate of drug-likeness (QED) is 0.717. The van der Waals surface area contributed by atoms with Crippen LogP contribution >= 0.6 is 0 Å². The molecular weight excluding hydrogens is 277 g/mol. The Bertz CT molecular complexity index is 761. The summed E-state index contributed by atoms with van der Waals surface area (Å²) in [4.78, 5) is 4.09. The van der Waals surface area contributed by atoms with Crippen molar-refractivity contribution in [1.82, 2.24) is 14.8 Å². The minimum atomic E-state index is -0.236. The highest BCUT2D eigenvalue weighted by atomic mass is 19.1. The third kappa shape index (κ3) is 2.52. The molecule has 0 unspecified atom stereocenters. The average Bonchev–Trinajstić information content (AvgIpc) is 2.95.